The molecule has 0 fully saturated rings. The summed E-state index contributed by atoms with van der Waals surface area (Å²) >= 11 is 0. The molecule has 0 aliphatic carbocycles. The minimum absolute atomic E-state index is 0.466. The largest absolute Gasteiger partial charge is 0.318 e. The van der Waals surface area contributed by atoms with Crippen LogP contribution in [0.1, 0.15) is 30.9 Å². The molecule has 0 spiro atoms. The highest BCUT2D eigenvalue weighted by Crippen LogP contribution is 2.33. The molecule has 2 aromatic rings. The van der Waals surface area contributed by atoms with Crippen LogP contribution in [0.5, 0.6) is 0 Å². The Kier molecular flexibility index (Phi) is 6.18. The second-order valence-electron chi connectivity index (χ2n) is 6.62. The van der Waals surface area contributed by atoms with Gasteiger partial charge in [-0.25, -0.2) is 16.8 Å². The van der Waals surface area contributed by atoms with Gasteiger partial charge >= 0.3 is 0 Å². The summed E-state index contributed by atoms with van der Waals surface area (Å²) in [6, 6.07) is 13.9. The fourth-order valence-corrected chi connectivity index (χ4v) is 4.08. The van der Waals surface area contributed by atoms with Crippen molar-refractivity contribution < 1.29 is 16.8 Å². The van der Waals surface area contributed by atoms with E-state index in [0.717, 1.165) is 30.1 Å². The summed E-state index contributed by atoms with van der Waals surface area (Å²) in [5.74, 6) is 0. The van der Waals surface area contributed by atoms with E-state index in [9.17, 15) is 16.8 Å². The number of hydrogen-bond acceptors (Lipinski definition) is 5. The van der Waals surface area contributed by atoms with E-state index in [0.29, 0.717) is 17.8 Å². The molecular weight excluding hydrogens is 386 g/mol. The van der Waals surface area contributed by atoms with Gasteiger partial charge in [-0.15, -0.1) is 0 Å². The average Bonchev–Trinajstić information content (AvgIpc) is 2.53. The zero-order valence-electron chi connectivity index (χ0n) is 15.6. The van der Waals surface area contributed by atoms with Crippen molar-refractivity contribution in [2.75, 3.05) is 22.0 Å². The Balaban J connectivity index is 2.36. The van der Waals surface area contributed by atoms with Crippen molar-refractivity contribution in [3.8, 4) is 0 Å². The number of hydrogen-bond donors (Lipinski definition) is 3. The third-order valence-corrected chi connectivity index (χ3v) is 5.26. The first-order valence-electron chi connectivity index (χ1n) is 8.38. The summed E-state index contributed by atoms with van der Waals surface area (Å²) in [5.41, 5.74) is 8.56. The Morgan fingerprint density at radius 3 is 1.37 bits per heavy atom. The van der Waals surface area contributed by atoms with Crippen LogP contribution in [0.2, 0.25) is 0 Å². The standard InChI is InChI=1S/C18H25N3O4S2/c1-4-13-18(19,14-5-9-16(10-6-14)20-26(2,22)23)15-7-11-17(12-8-15)21-27(3,24)25/h5-12,20-21H,4,13,19H2,1-3H3. The van der Waals surface area contributed by atoms with Gasteiger partial charge in [0.1, 0.15) is 0 Å². The molecule has 0 radical (unpaired) electrons. The molecule has 0 atom stereocenters. The van der Waals surface area contributed by atoms with Crippen molar-refractivity contribution in [2.24, 2.45) is 5.73 Å². The lowest BCUT2D eigenvalue weighted by molar-refractivity contribution is 0.485. The summed E-state index contributed by atoms with van der Waals surface area (Å²) in [4.78, 5) is 0. The van der Waals surface area contributed by atoms with Crippen LogP contribution in [0.25, 0.3) is 0 Å². The molecule has 9 heteroatoms. The lowest BCUT2D eigenvalue weighted by Crippen LogP contribution is -2.37. The summed E-state index contributed by atoms with van der Waals surface area (Å²) < 4.78 is 50.3. The molecule has 0 aromatic heterocycles. The van der Waals surface area contributed by atoms with Gasteiger partial charge in [-0.05, 0) is 41.8 Å². The van der Waals surface area contributed by atoms with E-state index >= 15 is 0 Å². The first kappa shape index (κ1) is 21.2. The van der Waals surface area contributed by atoms with Crippen LogP contribution in [-0.4, -0.2) is 29.3 Å². The van der Waals surface area contributed by atoms with E-state index in [4.69, 9.17) is 5.73 Å². The summed E-state index contributed by atoms with van der Waals surface area (Å²) in [6.07, 6.45) is 3.70. The number of anilines is 2. The predicted octanol–water partition coefficient (Wildman–Crippen LogP) is 2.43. The van der Waals surface area contributed by atoms with Gasteiger partial charge in [0.05, 0.1) is 18.1 Å². The lowest BCUT2D eigenvalue weighted by atomic mass is 9.80. The number of nitrogens with two attached hydrogens (primary N) is 1. The van der Waals surface area contributed by atoms with E-state index in [2.05, 4.69) is 9.44 Å². The van der Waals surface area contributed by atoms with Crippen molar-refractivity contribution in [3.63, 3.8) is 0 Å². The molecular formula is C18H25N3O4S2. The van der Waals surface area contributed by atoms with Crippen LogP contribution in [0.15, 0.2) is 48.5 Å². The van der Waals surface area contributed by atoms with E-state index in [-0.39, 0.29) is 0 Å². The minimum atomic E-state index is -3.34. The number of rotatable bonds is 8. The van der Waals surface area contributed by atoms with Gasteiger partial charge in [-0.1, -0.05) is 37.6 Å². The second-order valence-corrected chi connectivity index (χ2v) is 10.1. The maximum atomic E-state index is 11.4. The Morgan fingerprint density at radius 2 is 1.11 bits per heavy atom. The van der Waals surface area contributed by atoms with Crippen LogP contribution >= 0.6 is 0 Å². The molecule has 0 aliphatic rings. The van der Waals surface area contributed by atoms with Crippen molar-refractivity contribution in [3.05, 3.63) is 59.7 Å². The third kappa shape index (κ3) is 5.95. The average molecular weight is 412 g/mol. The molecule has 0 saturated carbocycles. The maximum absolute atomic E-state index is 11.4. The van der Waals surface area contributed by atoms with Gasteiger partial charge in [-0.2, -0.15) is 0 Å². The van der Waals surface area contributed by atoms with Crippen molar-refractivity contribution in [1.82, 2.24) is 0 Å². The molecule has 2 rings (SSSR count). The first-order valence-corrected chi connectivity index (χ1v) is 12.2. The summed E-state index contributed by atoms with van der Waals surface area (Å²) in [7, 11) is -6.69. The first-order chi connectivity index (χ1) is 12.4. The van der Waals surface area contributed by atoms with E-state index in [1.807, 2.05) is 6.92 Å². The van der Waals surface area contributed by atoms with E-state index in [1.54, 1.807) is 48.5 Å². The highest BCUT2D eigenvalue weighted by molar-refractivity contribution is 7.92. The molecule has 7 nitrogen and oxygen atoms in total. The lowest BCUT2D eigenvalue weighted by Gasteiger charge is -2.31. The molecule has 0 unspecified atom stereocenters. The van der Waals surface area contributed by atoms with Crippen LogP contribution in [0.3, 0.4) is 0 Å². The SMILES string of the molecule is CCCC(N)(c1ccc(NS(C)(=O)=O)cc1)c1ccc(NS(C)(=O)=O)cc1. The Labute approximate surface area is 161 Å². The minimum Gasteiger partial charge on any atom is -0.318 e. The molecule has 0 heterocycles. The van der Waals surface area contributed by atoms with Crippen LogP contribution in [-0.2, 0) is 25.6 Å². The molecule has 0 aliphatic heterocycles. The smallest absolute Gasteiger partial charge is 0.229 e. The van der Waals surface area contributed by atoms with Gasteiger partial charge in [-0.3, -0.25) is 9.44 Å². The van der Waals surface area contributed by atoms with Crippen molar-refractivity contribution in [2.45, 2.75) is 25.3 Å². The van der Waals surface area contributed by atoms with Gasteiger partial charge in [0.2, 0.25) is 20.0 Å². The zero-order valence-corrected chi connectivity index (χ0v) is 17.2. The molecule has 0 bridgehead atoms. The Morgan fingerprint density at radius 1 is 0.778 bits per heavy atom. The maximum Gasteiger partial charge on any atom is 0.229 e. The monoisotopic (exact) mass is 411 g/mol. The molecule has 27 heavy (non-hydrogen) atoms. The zero-order chi connectivity index (χ0) is 20.3. The predicted molar refractivity (Wildman–Crippen MR) is 110 cm³/mol. The second kappa shape index (κ2) is 7.87. The molecule has 2 aromatic carbocycles. The van der Waals surface area contributed by atoms with E-state index in [1.165, 1.54) is 0 Å². The fourth-order valence-electron chi connectivity index (χ4n) is 2.95. The van der Waals surface area contributed by atoms with Gasteiger partial charge < -0.3 is 5.73 Å². The number of nitrogens with one attached hydrogen (secondary N) is 2. The van der Waals surface area contributed by atoms with Crippen molar-refractivity contribution >= 4 is 31.4 Å². The van der Waals surface area contributed by atoms with Crippen molar-refractivity contribution in [1.29, 1.82) is 0 Å². The molecule has 0 amide bonds. The van der Waals surface area contributed by atoms with Gasteiger partial charge in [0.15, 0.2) is 0 Å². The highest BCUT2D eigenvalue weighted by Gasteiger charge is 2.28. The summed E-state index contributed by atoms with van der Waals surface area (Å²) in [5, 5.41) is 0. The Hall–Kier alpha value is -2.10. The van der Waals surface area contributed by atoms with Crippen LogP contribution in [0, 0.1) is 0 Å². The summed E-state index contributed by atoms with van der Waals surface area (Å²) in [6.45, 7) is 2.03. The topological polar surface area (TPSA) is 118 Å². The molecule has 0 saturated heterocycles. The normalized spacial score (nSPS) is 12.6. The Bertz CT molecular complexity index is 906. The van der Waals surface area contributed by atoms with Gasteiger partial charge in [0.25, 0.3) is 0 Å². The highest BCUT2D eigenvalue weighted by atomic mass is 32.2. The number of benzene rings is 2. The van der Waals surface area contributed by atoms with Gasteiger partial charge in [0, 0.05) is 11.4 Å². The van der Waals surface area contributed by atoms with Crippen LogP contribution in [0.4, 0.5) is 11.4 Å². The molecule has 148 valence electrons. The fraction of sp³-hybridized carbons (Fsp3) is 0.333. The van der Waals surface area contributed by atoms with E-state index < -0.39 is 25.6 Å². The number of sulfonamides is 2. The quantitative estimate of drug-likeness (QED) is 0.616. The molecule has 4 N–H and O–H groups in total. The third-order valence-electron chi connectivity index (χ3n) is 4.05. The van der Waals surface area contributed by atoms with Crippen LogP contribution < -0.4 is 15.2 Å².